The van der Waals surface area contributed by atoms with Crippen LogP contribution in [0, 0.1) is 5.92 Å². The normalized spacial score (nSPS) is 16.5. The van der Waals surface area contributed by atoms with Crippen molar-refractivity contribution in [2.75, 3.05) is 10.8 Å². The zero-order valence-electron chi connectivity index (χ0n) is 19.0. The fraction of sp³-hybridized carbons (Fsp3) is 0.269. The van der Waals surface area contributed by atoms with Crippen LogP contribution in [0.3, 0.4) is 0 Å². The molecule has 1 aliphatic rings. The molecule has 0 saturated carbocycles. The summed E-state index contributed by atoms with van der Waals surface area (Å²) in [4.78, 5) is 13.4. The lowest BCUT2D eigenvalue weighted by Gasteiger charge is -2.35. The van der Waals surface area contributed by atoms with Gasteiger partial charge in [0, 0.05) is 5.02 Å². The van der Waals surface area contributed by atoms with Crippen molar-refractivity contribution in [1.82, 2.24) is 5.32 Å². The lowest BCUT2D eigenvalue weighted by molar-refractivity contribution is -0.128. The van der Waals surface area contributed by atoms with Crippen molar-refractivity contribution in [3.8, 4) is 5.75 Å². The quantitative estimate of drug-likeness (QED) is 0.485. The topological polar surface area (TPSA) is 75.7 Å². The molecule has 1 amide bonds. The van der Waals surface area contributed by atoms with E-state index in [0.717, 1.165) is 12.0 Å². The molecule has 3 aromatic carbocycles. The molecule has 0 bridgehead atoms. The van der Waals surface area contributed by atoms with Gasteiger partial charge in [-0.1, -0.05) is 67.9 Å². The Balaban J connectivity index is 1.63. The average Bonchev–Trinajstić information content (AvgIpc) is 2.83. The predicted octanol–water partition coefficient (Wildman–Crippen LogP) is 5.20. The van der Waals surface area contributed by atoms with Gasteiger partial charge in [0.2, 0.25) is 0 Å². The highest BCUT2D eigenvalue weighted by atomic mass is 35.5. The lowest BCUT2D eigenvalue weighted by Crippen LogP contribution is -2.51. The maximum absolute atomic E-state index is 13.5. The van der Waals surface area contributed by atoms with Gasteiger partial charge in [0.05, 0.1) is 23.2 Å². The molecule has 1 heterocycles. The molecule has 0 aliphatic carbocycles. The third-order valence-corrected chi connectivity index (χ3v) is 7.70. The van der Waals surface area contributed by atoms with E-state index in [9.17, 15) is 13.2 Å². The number of nitrogens with zero attached hydrogens (tertiary/aromatic N) is 1. The van der Waals surface area contributed by atoms with Gasteiger partial charge >= 0.3 is 0 Å². The summed E-state index contributed by atoms with van der Waals surface area (Å²) < 4.78 is 34.2. The highest BCUT2D eigenvalue weighted by Gasteiger charge is 2.38. The van der Waals surface area contributed by atoms with Gasteiger partial charge in [-0.3, -0.25) is 9.10 Å². The van der Waals surface area contributed by atoms with Crippen molar-refractivity contribution < 1.29 is 17.9 Å². The van der Waals surface area contributed by atoms with Crippen LogP contribution in [0.2, 0.25) is 5.02 Å². The van der Waals surface area contributed by atoms with Crippen LogP contribution in [0.25, 0.3) is 0 Å². The van der Waals surface area contributed by atoms with Crippen molar-refractivity contribution in [2.45, 2.75) is 37.3 Å². The third-order valence-electron chi connectivity index (χ3n) is 5.65. The first-order valence-electron chi connectivity index (χ1n) is 11.1. The van der Waals surface area contributed by atoms with E-state index >= 15 is 0 Å². The number of fused-ring (bicyclic) bond motifs is 1. The van der Waals surface area contributed by atoms with Crippen molar-refractivity contribution >= 4 is 33.2 Å². The monoisotopic (exact) mass is 498 g/mol. The molecule has 3 aromatic rings. The Kier molecular flexibility index (Phi) is 7.14. The molecule has 8 heteroatoms. The van der Waals surface area contributed by atoms with E-state index in [-0.39, 0.29) is 23.4 Å². The SMILES string of the molecule is CC(C)C[C@@H](NC(=O)[C@H]1CN(S(=O)(=O)c2ccc(Cl)cc2)c2ccccc2O1)c1ccccc1. The number of hydrogen-bond acceptors (Lipinski definition) is 4. The molecular formula is C26H27ClN2O4S. The maximum Gasteiger partial charge on any atom is 0.264 e. The van der Waals surface area contributed by atoms with Gasteiger partial charge in [0.15, 0.2) is 6.10 Å². The summed E-state index contributed by atoms with van der Waals surface area (Å²) in [5, 5.41) is 3.52. The van der Waals surface area contributed by atoms with Gasteiger partial charge in [-0.25, -0.2) is 8.42 Å². The van der Waals surface area contributed by atoms with Crippen molar-refractivity contribution in [3.63, 3.8) is 0 Å². The predicted molar refractivity (Wildman–Crippen MR) is 134 cm³/mol. The number of carbonyl (C=O) groups is 1. The zero-order valence-corrected chi connectivity index (χ0v) is 20.6. The van der Waals surface area contributed by atoms with Crippen LogP contribution < -0.4 is 14.4 Å². The van der Waals surface area contributed by atoms with E-state index in [1.165, 1.54) is 28.6 Å². The number of halogens is 1. The molecule has 0 aromatic heterocycles. The fourth-order valence-electron chi connectivity index (χ4n) is 4.00. The van der Waals surface area contributed by atoms with Gasteiger partial charge in [-0.2, -0.15) is 0 Å². The van der Waals surface area contributed by atoms with Crippen LogP contribution >= 0.6 is 11.6 Å². The molecule has 2 atom stereocenters. The molecule has 178 valence electrons. The van der Waals surface area contributed by atoms with Crippen LogP contribution in [-0.2, 0) is 14.8 Å². The first kappa shape index (κ1) is 24.1. The standard InChI is InChI=1S/C26H27ClN2O4S/c1-18(2)16-22(19-8-4-3-5-9-19)28-26(30)25-17-29(23-10-6-7-11-24(23)33-25)34(31,32)21-14-12-20(27)13-15-21/h3-15,18,22,25H,16-17H2,1-2H3,(H,28,30)/t22-,25-/m1/s1. The van der Waals surface area contributed by atoms with Crippen molar-refractivity contribution in [2.24, 2.45) is 5.92 Å². The molecule has 34 heavy (non-hydrogen) atoms. The van der Waals surface area contributed by atoms with Crippen molar-refractivity contribution in [3.05, 3.63) is 89.4 Å². The van der Waals surface area contributed by atoms with Gasteiger partial charge in [0.25, 0.3) is 15.9 Å². The van der Waals surface area contributed by atoms with E-state index in [4.69, 9.17) is 16.3 Å². The summed E-state index contributed by atoms with van der Waals surface area (Å²) >= 11 is 5.95. The first-order valence-corrected chi connectivity index (χ1v) is 13.0. The number of anilines is 1. The Labute approximate surface area is 205 Å². The van der Waals surface area contributed by atoms with Crippen LogP contribution in [0.5, 0.6) is 5.75 Å². The molecule has 0 spiro atoms. The molecule has 0 unspecified atom stereocenters. The molecule has 0 radical (unpaired) electrons. The number of sulfonamides is 1. The molecule has 6 nitrogen and oxygen atoms in total. The minimum atomic E-state index is -3.94. The van der Waals surface area contributed by atoms with E-state index < -0.39 is 16.1 Å². The number of amides is 1. The molecule has 0 fully saturated rings. The number of rotatable bonds is 7. The largest absolute Gasteiger partial charge is 0.476 e. The molecular weight excluding hydrogens is 472 g/mol. The van der Waals surface area contributed by atoms with Crippen LogP contribution in [0.15, 0.2) is 83.8 Å². The van der Waals surface area contributed by atoms with E-state index in [0.29, 0.717) is 22.4 Å². The molecule has 4 rings (SSSR count). The minimum Gasteiger partial charge on any atom is -0.476 e. The second-order valence-corrected chi connectivity index (χ2v) is 11.0. The summed E-state index contributed by atoms with van der Waals surface area (Å²) in [6.07, 6.45) is -0.262. The second kappa shape index (κ2) is 10.1. The number of para-hydroxylation sites is 2. The van der Waals surface area contributed by atoms with E-state index in [2.05, 4.69) is 19.2 Å². The Morgan fingerprint density at radius 2 is 1.68 bits per heavy atom. The number of hydrogen-bond donors (Lipinski definition) is 1. The summed E-state index contributed by atoms with van der Waals surface area (Å²) in [6, 6.07) is 22.3. The average molecular weight is 499 g/mol. The van der Waals surface area contributed by atoms with Gasteiger partial charge in [0.1, 0.15) is 5.75 Å². The molecule has 0 saturated heterocycles. The number of nitrogens with one attached hydrogen (secondary N) is 1. The minimum absolute atomic E-state index is 0.0923. The van der Waals surface area contributed by atoms with Gasteiger partial charge in [-0.05, 0) is 54.3 Å². The number of benzene rings is 3. The summed E-state index contributed by atoms with van der Waals surface area (Å²) in [6.45, 7) is 4.04. The third kappa shape index (κ3) is 5.21. The summed E-state index contributed by atoms with van der Waals surface area (Å²) in [5.74, 6) is 0.326. The van der Waals surface area contributed by atoms with E-state index in [1.807, 2.05) is 30.3 Å². The van der Waals surface area contributed by atoms with Crippen LogP contribution in [0.4, 0.5) is 5.69 Å². The van der Waals surface area contributed by atoms with Gasteiger partial charge < -0.3 is 10.1 Å². The summed E-state index contributed by atoms with van der Waals surface area (Å²) in [5.41, 5.74) is 1.38. The smallest absolute Gasteiger partial charge is 0.264 e. The highest BCUT2D eigenvalue weighted by molar-refractivity contribution is 7.92. The highest BCUT2D eigenvalue weighted by Crippen LogP contribution is 2.37. The van der Waals surface area contributed by atoms with E-state index in [1.54, 1.807) is 24.3 Å². The molecule has 1 aliphatic heterocycles. The summed E-state index contributed by atoms with van der Waals surface area (Å²) in [7, 11) is -3.94. The Morgan fingerprint density at radius 1 is 1.03 bits per heavy atom. The van der Waals surface area contributed by atoms with Crippen molar-refractivity contribution in [1.29, 1.82) is 0 Å². The Hall–Kier alpha value is -3.03. The second-order valence-electron chi connectivity index (χ2n) is 8.67. The number of carbonyl (C=O) groups excluding carboxylic acids is 1. The Bertz CT molecular complexity index is 1250. The Morgan fingerprint density at radius 3 is 2.35 bits per heavy atom. The fourth-order valence-corrected chi connectivity index (χ4v) is 5.60. The zero-order chi connectivity index (χ0) is 24.3. The first-order chi connectivity index (χ1) is 16.3. The molecule has 1 N–H and O–H groups in total. The number of ether oxygens (including phenoxy) is 1. The lowest BCUT2D eigenvalue weighted by atomic mass is 9.96. The maximum atomic E-state index is 13.5. The van der Waals surface area contributed by atoms with Crippen LogP contribution in [-0.4, -0.2) is 27.0 Å². The van der Waals surface area contributed by atoms with Gasteiger partial charge in [-0.15, -0.1) is 0 Å². The van der Waals surface area contributed by atoms with Crippen LogP contribution in [0.1, 0.15) is 31.9 Å².